The minimum atomic E-state index is -0.746. The van der Waals surface area contributed by atoms with E-state index < -0.39 is 5.97 Å². The predicted octanol–water partition coefficient (Wildman–Crippen LogP) is 2.61. The third-order valence-corrected chi connectivity index (χ3v) is 4.22. The number of methoxy groups -OCH3 is 1. The second-order valence-electron chi connectivity index (χ2n) is 3.92. The third kappa shape index (κ3) is 1.78. The fraction of sp³-hybridized carbons (Fsp3) is 0.417. The van der Waals surface area contributed by atoms with E-state index in [1.165, 1.54) is 0 Å². The molecule has 0 radical (unpaired) electrons. The molecule has 0 aliphatic carbocycles. The normalized spacial score (nSPS) is 20.2. The van der Waals surface area contributed by atoms with Gasteiger partial charge in [0.2, 0.25) is 0 Å². The van der Waals surface area contributed by atoms with E-state index in [2.05, 4.69) is 0 Å². The van der Waals surface area contributed by atoms with E-state index in [0.717, 1.165) is 22.0 Å². The molecule has 0 saturated heterocycles. The van der Waals surface area contributed by atoms with E-state index >= 15 is 0 Å². The van der Waals surface area contributed by atoms with Gasteiger partial charge in [0.1, 0.15) is 5.75 Å². The molecule has 0 fully saturated rings. The van der Waals surface area contributed by atoms with Gasteiger partial charge in [-0.3, -0.25) is 4.79 Å². The van der Waals surface area contributed by atoms with Gasteiger partial charge in [0, 0.05) is 22.1 Å². The monoisotopic (exact) mass is 238 g/mol. The van der Waals surface area contributed by atoms with Gasteiger partial charge in [-0.1, -0.05) is 13.0 Å². The number of benzene rings is 1. The maximum Gasteiger partial charge on any atom is 0.306 e. The molecule has 1 aliphatic heterocycles. The van der Waals surface area contributed by atoms with Crippen LogP contribution in [0.5, 0.6) is 5.75 Å². The van der Waals surface area contributed by atoms with Gasteiger partial charge in [-0.05, 0) is 12.1 Å². The molecule has 86 valence electrons. The SMILES string of the molecule is COc1cccc2c1C(C(C)C(=O)O)CS2. The van der Waals surface area contributed by atoms with Crippen molar-refractivity contribution >= 4 is 17.7 Å². The number of carboxylic acids is 1. The Morgan fingerprint density at radius 1 is 1.62 bits per heavy atom. The molecule has 1 aliphatic rings. The number of hydrogen-bond donors (Lipinski definition) is 1. The average molecular weight is 238 g/mol. The standard InChI is InChI=1S/C12H14O3S/c1-7(12(13)14)8-6-16-10-5-3-4-9(15-2)11(8)10/h3-5,7-8H,6H2,1-2H3,(H,13,14). The Morgan fingerprint density at radius 3 is 3.00 bits per heavy atom. The van der Waals surface area contributed by atoms with Gasteiger partial charge in [-0.15, -0.1) is 11.8 Å². The molecule has 0 spiro atoms. The van der Waals surface area contributed by atoms with Crippen LogP contribution >= 0.6 is 11.8 Å². The highest BCUT2D eigenvalue weighted by Gasteiger charge is 2.34. The highest BCUT2D eigenvalue weighted by molar-refractivity contribution is 7.99. The topological polar surface area (TPSA) is 46.5 Å². The number of fused-ring (bicyclic) bond motifs is 1. The van der Waals surface area contributed by atoms with E-state index in [1.54, 1.807) is 25.8 Å². The summed E-state index contributed by atoms with van der Waals surface area (Å²) in [6, 6.07) is 5.86. The number of carbonyl (C=O) groups is 1. The molecule has 1 heterocycles. The molecule has 0 amide bonds. The Bertz CT molecular complexity index is 417. The van der Waals surface area contributed by atoms with Crippen LogP contribution in [0.4, 0.5) is 0 Å². The molecule has 1 aromatic carbocycles. The molecule has 1 N–H and O–H groups in total. The van der Waals surface area contributed by atoms with Gasteiger partial charge in [0.25, 0.3) is 0 Å². The molecule has 16 heavy (non-hydrogen) atoms. The molecule has 2 rings (SSSR count). The molecule has 2 unspecified atom stereocenters. The maximum atomic E-state index is 11.0. The van der Waals surface area contributed by atoms with Crippen molar-refractivity contribution in [3.05, 3.63) is 23.8 Å². The fourth-order valence-electron chi connectivity index (χ4n) is 2.02. The highest BCUT2D eigenvalue weighted by atomic mass is 32.2. The summed E-state index contributed by atoms with van der Waals surface area (Å²) in [6.45, 7) is 1.76. The molecule has 2 atom stereocenters. The first-order valence-corrected chi connectivity index (χ1v) is 6.16. The molecule has 4 heteroatoms. The summed E-state index contributed by atoms with van der Waals surface area (Å²) in [5.74, 6) is 0.562. The Balaban J connectivity index is 2.41. The predicted molar refractivity (Wildman–Crippen MR) is 63.3 cm³/mol. The maximum absolute atomic E-state index is 11.0. The lowest BCUT2D eigenvalue weighted by Gasteiger charge is -2.17. The van der Waals surface area contributed by atoms with Crippen LogP contribution in [0.25, 0.3) is 0 Å². The second kappa shape index (κ2) is 4.37. The lowest BCUT2D eigenvalue weighted by molar-refractivity contribution is -0.141. The molecule has 0 bridgehead atoms. The van der Waals surface area contributed by atoms with Crippen molar-refractivity contribution in [2.24, 2.45) is 5.92 Å². The van der Waals surface area contributed by atoms with Crippen LogP contribution in [0.1, 0.15) is 18.4 Å². The molecule has 0 aromatic heterocycles. The van der Waals surface area contributed by atoms with Crippen molar-refractivity contribution in [2.75, 3.05) is 12.9 Å². The van der Waals surface area contributed by atoms with Crippen molar-refractivity contribution in [3.63, 3.8) is 0 Å². The van der Waals surface area contributed by atoms with Gasteiger partial charge in [-0.2, -0.15) is 0 Å². The zero-order valence-electron chi connectivity index (χ0n) is 9.27. The Hall–Kier alpha value is -1.16. The van der Waals surface area contributed by atoms with Crippen LogP contribution in [0, 0.1) is 5.92 Å². The Labute approximate surface area is 98.8 Å². The zero-order chi connectivity index (χ0) is 11.7. The quantitative estimate of drug-likeness (QED) is 0.879. The largest absolute Gasteiger partial charge is 0.496 e. The number of ether oxygens (including phenoxy) is 1. The summed E-state index contributed by atoms with van der Waals surface area (Å²) >= 11 is 1.71. The Kier molecular flexibility index (Phi) is 3.10. The second-order valence-corrected chi connectivity index (χ2v) is 4.98. The fourth-order valence-corrected chi connectivity index (χ4v) is 3.42. The summed E-state index contributed by atoms with van der Waals surface area (Å²) in [4.78, 5) is 12.2. The van der Waals surface area contributed by atoms with Gasteiger partial charge < -0.3 is 9.84 Å². The summed E-state index contributed by atoms with van der Waals surface area (Å²) in [7, 11) is 1.63. The van der Waals surface area contributed by atoms with E-state index in [9.17, 15) is 4.79 Å². The number of aliphatic carboxylic acids is 1. The van der Waals surface area contributed by atoms with Crippen molar-refractivity contribution < 1.29 is 14.6 Å². The lowest BCUT2D eigenvalue weighted by Crippen LogP contribution is -2.19. The van der Waals surface area contributed by atoms with E-state index in [0.29, 0.717) is 0 Å². The van der Waals surface area contributed by atoms with Crippen molar-refractivity contribution in [2.45, 2.75) is 17.7 Å². The van der Waals surface area contributed by atoms with Crippen LogP contribution < -0.4 is 4.74 Å². The van der Waals surface area contributed by atoms with Crippen molar-refractivity contribution in [1.29, 1.82) is 0 Å². The van der Waals surface area contributed by atoms with E-state index in [4.69, 9.17) is 9.84 Å². The van der Waals surface area contributed by atoms with Crippen LogP contribution in [0.15, 0.2) is 23.1 Å². The first kappa shape index (κ1) is 11.3. The first-order valence-electron chi connectivity index (χ1n) is 5.17. The third-order valence-electron chi connectivity index (χ3n) is 3.03. The summed E-state index contributed by atoms with van der Waals surface area (Å²) in [5, 5.41) is 9.08. The van der Waals surface area contributed by atoms with Crippen molar-refractivity contribution in [1.82, 2.24) is 0 Å². The van der Waals surface area contributed by atoms with Crippen LogP contribution in [-0.4, -0.2) is 23.9 Å². The molecule has 1 aromatic rings. The van der Waals surface area contributed by atoms with Gasteiger partial charge in [0.05, 0.1) is 13.0 Å². The number of rotatable bonds is 3. The number of hydrogen-bond acceptors (Lipinski definition) is 3. The van der Waals surface area contributed by atoms with Gasteiger partial charge >= 0.3 is 5.97 Å². The summed E-state index contributed by atoms with van der Waals surface area (Å²) in [6.07, 6.45) is 0. The van der Waals surface area contributed by atoms with Crippen LogP contribution in [-0.2, 0) is 4.79 Å². The average Bonchev–Trinajstić information content (AvgIpc) is 2.71. The Morgan fingerprint density at radius 2 is 2.38 bits per heavy atom. The van der Waals surface area contributed by atoms with E-state index in [-0.39, 0.29) is 11.8 Å². The smallest absolute Gasteiger partial charge is 0.306 e. The summed E-state index contributed by atoms with van der Waals surface area (Å²) < 4.78 is 5.31. The molecule has 0 saturated carbocycles. The number of thioether (sulfide) groups is 1. The minimum absolute atomic E-state index is 0.0497. The number of carboxylic acid groups (broad SMARTS) is 1. The molecule has 3 nitrogen and oxygen atoms in total. The summed E-state index contributed by atoms with van der Waals surface area (Å²) in [5.41, 5.74) is 1.06. The van der Waals surface area contributed by atoms with Crippen LogP contribution in [0.3, 0.4) is 0 Å². The minimum Gasteiger partial charge on any atom is -0.496 e. The van der Waals surface area contributed by atoms with Gasteiger partial charge in [-0.25, -0.2) is 0 Å². The van der Waals surface area contributed by atoms with Crippen molar-refractivity contribution in [3.8, 4) is 5.75 Å². The highest BCUT2D eigenvalue weighted by Crippen LogP contribution is 2.47. The lowest BCUT2D eigenvalue weighted by atomic mass is 9.88. The van der Waals surface area contributed by atoms with E-state index in [1.807, 2.05) is 18.2 Å². The van der Waals surface area contributed by atoms with Gasteiger partial charge in [0.15, 0.2) is 0 Å². The first-order chi connectivity index (χ1) is 7.65. The zero-order valence-corrected chi connectivity index (χ0v) is 10.1. The van der Waals surface area contributed by atoms with Crippen LogP contribution in [0.2, 0.25) is 0 Å². The molecular formula is C12H14O3S. The molecular weight excluding hydrogens is 224 g/mol.